The third-order valence-corrected chi connectivity index (χ3v) is 11.7. The van der Waals surface area contributed by atoms with Crippen LogP contribution in [0.2, 0.25) is 0 Å². The molecule has 0 spiro atoms. The number of aliphatic hydroxyl groups excluding tert-OH is 1. The predicted molar refractivity (Wildman–Crippen MR) is 261 cm³/mol. The molecule has 21 heteroatoms. The number of carbonyl (C=O) groups excluding carboxylic acids is 9. The van der Waals surface area contributed by atoms with Crippen molar-refractivity contribution in [1.29, 1.82) is 0 Å². The number of hydrogen-bond donors (Lipinski definition) is 6. The second-order valence-corrected chi connectivity index (χ2v) is 18.4. The maximum atomic E-state index is 15.4. The smallest absolute Gasteiger partial charge is 0.408 e. The first-order chi connectivity index (χ1) is 34.6. The van der Waals surface area contributed by atoms with Gasteiger partial charge in [-0.3, -0.25) is 43.3 Å². The zero-order chi connectivity index (χ0) is 53.4. The van der Waals surface area contributed by atoms with Crippen LogP contribution < -0.4 is 27.0 Å². The Bertz CT molecular complexity index is 2670. The first kappa shape index (κ1) is 55.9. The monoisotopic (exact) mass is 1010 g/mol. The highest BCUT2D eigenvalue weighted by molar-refractivity contribution is 6.14. The summed E-state index contributed by atoms with van der Waals surface area (Å²) in [6, 6.07) is 17.0. The molecule has 0 radical (unpaired) electrons. The van der Waals surface area contributed by atoms with E-state index < -0.39 is 114 Å². The molecule has 0 aliphatic carbocycles. The minimum Gasteiger partial charge on any atom is -0.445 e. The number of nitrogens with one attached hydrogen (secondary N) is 4. The summed E-state index contributed by atoms with van der Waals surface area (Å²) in [5, 5.41) is 20.3. The lowest BCUT2D eigenvalue weighted by Crippen LogP contribution is -2.57. The van der Waals surface area contributed by atoms with Crippen molar-refractivity contribution in [3.8, 4) is 11.1 Å². The summed E-state index contributed by atoms with van der Waals surface area (Å²) >= 11 is 0. The fraction of sp³-hybridized carbons (Fsp3) is 0.365. The van der Waals surface area contributed by atoms with Gasteiger partial charge in [0.15, 0.2) is 5.78 Å². The van der Waals surface area contributed by atoms with E-state index in [0.717, 1.165) is 40.8 Å². The number of Topliss-reactive ketones (excluding diaryl/α,β-unsaturated/α-hetero) is 1. The minimum atomic E-state index is -1.70. The highest BCUT2D eigenvalue weighted by Crippen LogP contribution is 2.41. The number of carbonyl (C=O) groups is 9. The zero-order valence-corrected chi connectivity index (χ0v) is 40.9. The number of aliphatic hydroxyl groups is 1. The Morgan fingerprint density at radius 3 is 2.05 bits per heavy atom. The number of aromatic nitrogens is 1. The van der Waals surface area contributed by atoms with Crippen molar-refractivity contribution in [1.82, 2.24) is 35.6 Å². The van der Waals surface area contributed by atoms with E-state index in [2.05, 4.69) is 21.3 Å². The van der Waals surface area contributed by atoms with Gasteiger partial charge in [0.2, 0.25) is 29.5 Å². The van der Waals surface area contributed by atoms with Crippen LogP contribution in [0.4, 0.5) is 13.6 Å². The van der Waals surface area contributed by atoms with E-state index in [-0.39, 0.29) is 56.6 Å². The molecule has 2 heterocycles. The largest absolute Gasteiger partial charge is 0.445 e. The number of hydrogen-bond acceptors (Lipinski definition) is 11. The molecule has 8 amide bonds. The molecule has 4 atom stereocenters. The van der Waals surface area contributed by atoms with Crippen LogP contribution in [0.5, 0.6) is 0 Å². The van der Waals surface area contributed by atoms with Crippen LogP contribution in [0.15, 0.2) is 103 Å². The van der Waals surface area contributed by atoms with Crippen LogP contribution in [0, 0.1) is 17.0 Å². The number of rotatable bonds is 25. The van der Waals surface area contributed by atoms with Gasteiger partial charge in [0.05, 0.1) is 19.0 Å². The maximum Gasteiger partial charge on any atom is 0.408 e. The Balaban J connectivity index is 1.42. The average molecular weight is 1010 g/mol. The van der Waals surface area contributed by atoms with Crippen LogP contribution in [-0.2, 0) is 56.2 Å². The summed E-state index contributed by atoms with van der Waals surface area (Å²) in [4.78, 5) is 119. The van der Waals surface area contributed by atoms with Crippen LogP contribution in [0.25, 0.3) is 11.1 Å². The zero-order valence-electron chi connectivity index (χ0n) is 40.9. The van der Waals surface area contributed by atoms with E-state index in [1.807, 2.05) is 51.1 Å². The van der Waals surface area contributed by atoms with Gasteiger partial charge in [-0.15, -0.1) is 0 Å². The van der Waals surface area contributed by atoms with Crippen molar-refractivity contribution in [2.45, 2.75) is 90.7 Å². The summed E-state index contributed by atoms with van der Waals surface area (Å²) in [5.74, 6) is -7.82. The standard InChI is InChI=1S/C52H60F2N8O11/c1-32(57-51(72)73-31-34-14-9-6-10-15-34)48(69)59-41(26-43(55)65)50(71)58-40(49(70)56-22-11-16-37(64)29-62-44(66)19-20-45(62)67)21-23-61(46(68)30-63)47(52(2,3)4)42-24-35(38-25-36(53)17-18-39(38)54)28-60(42)27-33-12-7-5-8-13-33/h5-10,12-15,17-20,24-25,28,32,40-41,47,63H,11,16,21-23,26-27,29-31H2,1-4H3,(H2,55,65)(H,56,70)(H,57,72)(H,58,71)(H,59,69)/t32-,40-,41-,47-/m0/s1. The molecule has 1 aliphatic rings. The quantitative estimate of drug-likeness (QED) is 0.0414. The number of nitrogens with two attached hydrogens (primary N) is 1. The Morgan fingerprint density at radius 2 is 1.44 bits per heavy atom. The molecule has 73 heavy (non-hydrogen) atoms. The highest BCUT2D eigenvalue weighted by Gasteiger charge is 2.39. The second-order valence-electron chi connectivity index (χ2n) is 18.4. The molecule has 0 bridgehead atoms. The van der Waals surface area contributed by atoms with Gasteiger partial charge in [-0.25, -0.2) is 13.6 Å². The predicted octanol–water partition coefficient (Wildman–Crippen LogP) is 3.33. The second kappa shape index (κ2) is 25.9. The Kier molecular flexibility index (Phi) is 19.8. The number of primary amides is 1. The molecule has 0 saturated heterocycles. The van der Waals surface area contributed by atoms with Gasteiger partial charge < -0.3 is 46.3 Å². The molecule has 0 fully saturated rings. The average Bonchev–Trinajstić information content (AvgIpc) is 3.90. The van der Waals surface area contributed by atoms with Crippen molar-refractivity contribution in [2.75, 3.05) is 26.2 Å². The summed E-state index contributed by atoms with van der Waals surface area (Å²) in [7, 11) is 0. The van der Waals surface area contributed by atoms with E-state index in [4.69, 9.17) is 10.5 Å². The van der Waals surface area contributed by atoms with Crippen LogP contribution in [0.3, 0.4) is 0 Å². The normalized spacial score (nSPS) is 13.9. The van der Waals surface area contributed by atoms with E-state index in [1.54, 1.807) is 47.2 Å². The highest BCUT2D eigenvalue weighted by atomic mass is 19.1. The summed E-state index contributed by atoms with van der Waals surface area (Å²) in [6.07, 6.45) is 1.48. The number of alkyl carbamates (subject to hydrolysis) is 1. The van der Waals surface area contributed by atoms with Crippen molar-refractivity contribution in [2.24, 2.45) is 11.1 Å². The Labute approximate surface area is 420 Å². The molecular formula is C52H60F2N8O11. The van der Waals surface area contributed by atoms with E-state index >= 15 is 4.39 Å². The van der Waals surface area contributed by atoms with Gasteiger partial charge in [0.25, 0.3) is 11.8 Å². The van der Waals surface area contributed by atoms with Crippen LogP contribution >= 0.6 is 0 Å². The third kappa shape index (κ3) is 16.2. The summed E-state index contributed by atoms with van der Waals surface area (Å²) in [5.41, 5.74) is 6.78. The fourth-order valence-corrected chi connectivity index (χ4v) is 8.09. The molecule has 0 saturated carbocycles. The van der Waals surface area contributed by atoms with Gasteiger partial charge in [-0.2, -0.15) is 0 Å². The molecule has 19 nitrogen and oxygen atoms in total. The van der Waals surface area contributed by atoms with Gasteiger partial charge in [-0.05, 0) is 60.6 Å². The Hall–Kier alpha value is -8.07. The van der Waals surface area contributed by atoms with Gasteiger partial charge in [0.1, 0.15) is 43.0 Å². The SMILES string of the molecule is C[C@H](NC(=O)OCc1ccccc1)C(=O)N[C@@H](CC(N)=O)C(=O)N[C@@H](CCN(C(=O)CO)[C@@H](c1cc(-c2cc(F)ccc2F)cn1Cc1ccccc1)C(C)(C)C)C(=O)NCCCC(=O)CN1C(=O)C=CC1=O. The maximum absolute atomic E-state index is 15.4. The third-order valence-electron chi connectivity index (χ3n) is 11.7. The number of amides is 8. The van der Waals surface area contributed by atoms with Gasteiger partial charge in [0, 0.05) is 61.2 Å². The number of benzene rings is 3. The lowest BCUT2D eigenvalue weighted by atomic mass is 9.82. The van der Waals surface area contributed by atoms with Crippen molar-refractivity contribution in [3.63, 3.8) is 0 Å². The molecule has 3 aromatic carbocycles. The van der Waals surface area contributed by atoms with Crippen molar-refractivity contribution >= 4 is 53.2 Å². The molecular weight excluding hydrogens is 951 g/mol. The number of ether oxygens (including phenoxy) is 1. The van der Waals surface area contributed by atoms with Crippen LogP contribution in [0.1, 0.15) is 76.2 Å². The topological polar surface area (TPSA) is 269 Å². The van der Waals surface area contributed by atoms with E-state index in [9.17, 15) is 52.6 Å². The summed E-state index contributed by atoms with van der Waals surface area (Å²) in [6.45, 7) is 4.85. The molecule has 1 aromatic heterocycles. The van der Waals surface area contributed by atoms with Crippen molar-refractivity contribution < 1.29 is 61.8 Å². The van der Waals surface area contributed by atoms with Gasteiger partial charge >= 0.3 is 6.09 Å². The molecule has 0 unspecified atom stereocenters. The molecule has 5 rings (SSSR count). The number of imide groups is 1. The minimum absolute atomic E-state index is 0.0295. The lowest BCUT2D eigenvalue weighted by Gasteiger charge is -2.41. The lowest BCUT2D eigenvalue weighted by molar-refractivity contribution is -0.141. The number of nitrogens with zero attached hydrogens (tertiary/aromatic N) is 3. The van der Waals surface area contributed by atoms with E-state index in [1.165, 1.54) is 11.8 Å². The molecule has 4 aromatic rings. The summed E-state index contributed by atoms with van der Waals surface area (Å²) < 4.78 is 36.9. The first-order valence-corrected chi connectivity index (χ1v) is 23.4. The van der Waals surface area contributed by atoms with E-state index in [0.29, 0.717) is 11.3 Å². The fourth-order valence-electron chi connectivity index (χ4n) is 8.09. The first-order valence-electron chi connectivity index (χ1n) is 23.4. The van der Waals surface area contributed by atoms with Gasteiger partial charge in [-0.1, -0.05) is 81.4 Å². The number of halogens is 2. The molecule has 388 valence electrons. The van der Waals surface area contributed by atoms with Crippen molar-refractivity contribution in [3.05, 3.63) is 132 Å². The Morgan fingerprint density at radius 1 is 0.808 bits per heavy atom. The number of ketones is 1. The van der Waals surface area contributed by atoms with Crippen LogP contribution in [-0.4, -0.2) is 117 Å². The molecule has 7 N–H and O–H groups in total. The molecule has 1 aliphatic heterocycles.